The molecule has 1 aliphatic heterocycles. The second-order valence-corrected chi connectivity index (χ2v) is 23.9. The minimum Gasteiger partial charge on any atom is -0.344 e. The smallest absolute Gasteiger partial charge is 0.260 e. The first-order chi connectivity index (χ1) is 37.2. The minimum atomic E-state index is -4.27. The summed E-state index contributed by atoms with van der Waals surface area (Å²) in [4.78, 5) is 109. The molecule has 20 heteroatoms. The summed E-state index contributed by atoms with van der Waals surface area (Å²) in [6, 6.07) is 20.3. The predicted molar refractivity (Wildman–Crippen MR) is 306 cm³/mol. The second-order valence-electron chi connectivity index (χ2n) is 22.2. The Morgan fingerprint density at radius 2 is 1.32 bits per heavy atom. The van der Waals surface area contributed by atoms with E-state index in [2.05, 4.69) is 31.3 Å². The number of hydrogen-bond donors (Lipinski definition) is 7. The summed E-state index contributed by atoms with van der Waals surface area (Å²) < 4.78 is 29.0. The molecule has 79 heavy (non-hydrogen) atoms. The van der Waals surface area contributed by atoms with Crippen molar-refractivity contribution in [3.8, 4) is 0 Å². The SMILES string of the molecule is CN[C@H](C(=O)NC(C(=O)N(C)[C@H](/C=C(\C)C(=O)NS(=O)(=O)Cc1ccc(NC(=O)[C@H](CCCCN)NC(=O)[C@H](Cc2ccccc2)NC(=O)CCCCCN2C(=O)C=CC2=O)cc1)C(C)C)C(C)(C)C)C(C)(C)c1ccccc1. The Labute approximate surface area is 466 Å². The van der Waals surface area contributed by atoms with E-state index in [1.54, 1.807) is 20.2 Å². The zero-order valence-corrected chi connectivity index (χ0v) is 48.3. The lowest BCUT2D eigenvalue weighted by molar-refractivity contribution is -0.141. The Kier molecular flexibility index (Phi) is 24.3. The van der Waals surface area contributed by atoms with Gasteiger partial charge in [0.05, 0.1) is 17.8 Å². The first-order valence-corrected chi connectivity index (χ1v) is 28.6. The van der Waals surface area contributed by atoms with Gasteiger partial charge in [-0.25, -0.2) is 13.1 Å². The molecule has 0 bridgehead atoms. The molecule has 0 saturated heterocycles. The molecule has 1 unspecified atom stereocenters. The molecule has 8 amide bonds. The molecular weight excluding hydrogens is 1030 g/mol. The quantitative estimate of drug-likeness (QED) is 0.0266. The summed E-state index contributed by atoms with van der Waals surface area (Å²) in [5.41, 5.74) is 6.77. The monoisotopic (exact) mass is 1110 g/mol. The number of anilines is 1. The van der Waals surface area contributed by atoms with Gasteiger partial charge in [-0.1, -0.05) is 134 Å². The highest BCUT2D eigenvalue weighted by atomic mass is 32.2. The summed E-state index contributed by atoms with van der Waals surface area (Å²) in [6.45, 7) is 15.3. The average molecular weight is 1110 g/mol. The lowest BCUT2D eigenvalue weighted by Gasteiger charge is -2.40. The van der Waals surface area contributed by atoms with Crippen molar-refractivity contribution in [2.24, 2.45) is 17.1 Å². The summed E-state index contributed by atoms with van der Waals surface area (Å²) >= 11 is 0. The van der Waals surface area contributed by atoms with Crippen LogP contribution >= 0.6 is 0 Å². The number of unbranched alkanes of at least 4 members (excludes halogenated alkanes) is 3. The lowest BCUT2D eigenvalue weighted by Crippen LogP contribution is -2.61. The van der Waals surface area contributed by atoms with Crippen molar-refractivity contribution in [1.29, 1.82) is 0 Å². The van der Waals surface area contributed by atoms with E-state index < -0.39 is 80.4 Å². The van der Waals surface area contributed by atoms with E-state index in [1.807, 2.05) is 109 Å². The van der Waals surface area contributed by atoms with Crippen LogP contribution in [0.1, 0.15) is 117 Å². The number of nitrogens with two attached hydrogens (primary N) is 1. The van der Waals surface area contributed by atoms with Crippen molar-refractivity contribution in [2.45, 2.75) is 148 Å². The van der Waals surface area contributed by atoms with Gasteiger partial charge in [-0.05, 0) is 92.8 Å². The number of amides is 8. The molecule has 430 valence electrons. The fourth-order valence-electron chi connectivity index (χ4n) is 9.30. The van der Waals surface area contributed by atoms with Crippen LogP contribution in [0.15, 0.2) is 109 Å². The number of carbonyl (C=O) groups is 8. The van der Waals surface area contributed by atoms with Gasteiger partial charge in [0.1, 0.15) is 18.1 Å². The largest absolute Gasteiger partial charge is 0.344 e. The molecule has 5 atom stereocenters. The van der Waals surface area contributed by atoms with E-state index >= 15 is 0 Å². The van der Waals surface area contributed by atoms with Crippen LogP contribution in [0.2, 0.25) is 0 Å². The number of sulfonamides is 1. The Bertz CT molecular complexity index is 2740. The normalized spacial score (nSPS) is 14.9. The number of carbonyl (C=O) groups excluding carboxylic acids is 8. The van der Waals surface area contributed by atoms with Crippen LogP contribution in [0, 0.1) is 11.3 Å². The van der Waals surface area contributed by atoms with Crippen LogP contribution in [0.3, 0.4) is 0 Å². The molecule has 0 radical (unpaired) electrons. The predicted octanol–water partition coefficient (Wildman–Crippen LogP) is 4.92. The van der Waals surface area contributed by atoms with E-state index in [1.165, 1.54) is 48.2 Å². The maximum absolute atomic E-state index is 14.4. The molecule has 4 rings (SSSR count). The zero-order valence-electron chi connectivity index (χ0n) is 47.5. The Hall–Kier alpha value is -7.03. The van der Waals surface area contributed by atoms with Gasteiger partial charge >= 0.3 is 0 Å². The van der Waals surface area contributed by atoms with Gasteiger partial charge in [0.2, 0.25) is 39.6 Å². The fourth-order valence-corrected chi connectivity index (χ4v) is 10.4. The highest BCUT2D eigenvalue weighted by Gasteiger charge is 2.42. The summed E-state index contributed by atoms with van der Waals surface area (Å²) in [7, 11) is -0.976. The Morgan fingerprint density at radius 1 is 0.709 bits per heavy atom. The molecule has 0 aliphatic carbocycles. The van der Waals surface area contributed by atoms with E-state index in [4.69, 9.17) is 5.73 Å². The van der Waals surface area contributed by atoms with E-state index in [-0.39, 0.29) is 60.9 Å². The molecule has 0 spiro atoms. The molecule has 1 aliphatic rings. The Balaban J connectivity index is 1.39. The van der Waals surface area contributed by atoms with Crippen molar-refractivity contribution in [2.75, 3.05) is 32.5 Å². The number of rotatable bonds is 30. The van der Waals surface area contributed by atoms with E-state index in [9.17, 15) is 46.8 Å². The molecule has 0 fully saturated rings. The standard InChI is InChI=1S/C59H83N9O10S/c1-39(2)47(67(10)57(76)52(58(4,5)6)65-56(75)51(61-9)59(7,8)43-24-16-12-17-25-43)36-40(3)53(72)66-79(77,78)38-42-28-30-44(31-29-42)62-54(73)45(26-19-20-34-60)64-55(74)46(37-41-22-14-11-15-23-41)63-48(69)27-18-13-21-35-68-49(70)32-33-50(68)71/h11-12,14-17,22-25,28-33,36,39,45-47,51-52,61H,13,18-21,26-27,34-35,37-38,60H2,1-10H3,(H,62,73)(H,63,69)(H,64,74)(H,65,75)(H,66,72)/b40-36+/t45-,46-,47+,51+,52?/m0/s1. The van der Waals surface area contributed by atoms with Crippen molar-refractivity contribution >= 4 is 63.0 Å². The molecule has 0 aromatic heterocycles. The maximum atomic E-state index is 14.4. The van der Waals surface area contributed by atoms with Crippen LogP contribution in [0.5, 0.6) is 0 Å². The van der Waals surface area contributed by atoms with Gasteiger partial charge in [-0.2, -0.15) is 0 Å². The number of likely N-dealkylation sites (N-methyl/N-ethyl adjacent to an activating group) is 2. The van der Waals surface area contributed by atoms with Gasteiger partial charge in [-0.3, -0.25) is 43.3 Å². The maximum Gasteiger partial charge on any atom is 0.260 e. The minimum absolute atomic E-state index is 0.0517. The summed E-state index contributed by atoms with van der Waals surface area (Å²) in [6.07, 6.45) is 7.07. The van der Waals surface area contributed by atoms with Crippen LogP contribution in [0.25, 0.3) is 0 Å². The summed E-state index contributed by atoms with van der Waals surface area (Å²) in [5, 5.41) is 14.6. The van der Waals surface area contributed by atoms with Crippen LogP contribution < -0.4 is 37.0 Å². The first-order valence-electron chi connectivity index (χ1n) is 27.0. The van der Waals surface area contributed by atoms with Gasteiger partial charge in [-0.15, -0.1) is 0 Å². The van der Waals surface area contributed by atoms with E-state index in [0.717, 1.165) is 16.0 Å². The van der Waals surface area contributed by atoms with Crippen molar-refractivity contribution < 1.29 is 46.8 Å². The fraction of sp³-hybridized carbons (Fsp3) is 0.492. The molecule has 19 nitrogen and oxygen atoms in total. The van der Waals surface area contributed by atoms with Gasteiger partial charge in [0.25, 0.3) is 17.7 Å². The van der Waals surface area contributed by atoms with Gasteiger partial charge in [0, 0.05) is 55.3 Å². The number of imide groups is 1. The van der Waals surface area contributed by atoms with Gasteiger partial charge < -0.3 is 37.2 Å². The molecule has 8 N–H and O–H groups in total. The highest BCUT2D eigenvalue weighted by Crippen LogP contribution is 2.29. The number of nitrogens with zero attached hydrogens (tertiary/aromatic N) is 2. The zero-order chi connectivity index (χ0) is 58.7. The number of benzene rings is 3. The second kappa shape index (κ2) is 29.8. The molecule has 3 aromatic rings. The third-order valence-electron chi connectivity index (χ3n) is 14.0. The molecule has 1 heterocycles. The molecular formula is C59H83N9O10S. The van der Waals surface area contributed by atoms with Crippen LogP contribution in [-0.2, 0) is 66.0 Å². The van der Waals surface area contributed by atoms with Crippen LogP contribution in [0.4, 0.5) is 5.69 Å². The highest BCUT2D eigenvalue weighted by molar-refractivity contribution is 7.89. The van der Waals surface area contributed by atoms with Gasteiger partial charge in [0.15, 0.2) is 0 Å². The lowest BCUT2D eigenvalue weighted by atomic mass is 9.76. The van der Waals surface area contributed by atoms with Crippen molar-refractivity contribution in [1.82, 2.24) is 35.8 Å². The molecule has 3 aromatic carbocycles. The third-order valence-corrected chi connectivity index (χ3v) is 15.2. The Morgan fingerprint density at radius 3 is 1.89 bits per heavy atom. The summed E-state index contributed by atoms with van der Waals surface area (Å²) in [5.74, 6) is -4.68. The van der Waals surface area contributed by atoms with Crippen molar-refractivity contribution in [3.05, 3.63) is 125 Å². The average Bonchev–Trinajstić information content (AvgIpc) is 3.72. The van der Waals surface area contributed by atoms with E-state index in [0.29, 0.717) is 49.9 Å². The molecule has 0 saturated carbocycles. The topological polar surface area (TPSA) is 275 Å². The third kappa shape index (κ3) is 19.7. The van der Waals surface area contributed by atoms with Crippen molar-refractivity contribution in [3.63, 3.8) is 0 Å². The van der Waals surface area contributed by atoms with Crippen LogP contribution in [-0.4, -0.2) is 123 Å². The number of nitrogens with one attached hydrogen (secondary N) is 6. The number of hydrogen-bond acceptors (Lipinski definition) is 12. The first kappa shape index (κ1) is 64.5.